The lowest BCUT2D eigenvalue weighted by Crippen LogP contribution is -2.29. The average molecular weight is 330 g/mol. The van der Waals surface area contributed by atoms with Crippen LogP contribution in [0.4, 0.5) is 13.2 Å². The number of ether oxygens (including phenoxy) is 1. The van der Waals surface area contributed by atoms with Crippen LogP contribution in [-0.2, 0) is 11.2 Å². The van der Waals surface area contributed by atoms with Crippen LogP contribution >= 0.6 is 0 Å². The Morgan fingerprint density at radius 1 is 1.17 bits per heavy atom. The third-order valence-corrected chi connectivity index (χ3v) is 3.55. The molecule has 1 aromatic rings. The second-order valence-electron chi connectivity index (χ2n) is 7.40. The van der Waals surface area contributed by atoms with Crippen LogP contribution in [0.3, 0.4) is 0 Å². The van der Waals surface area contributed by atoms with E-state index in [1.54, 1.807) is 19.1 Å². The topological polar surface area (TPSA) is 26.3 Å². The van der Waals surface area contributed by atoms with Crippen molar-refractivity contribution in [1.29, 1.82) is 0 Å². The first-order chi connectivity index (χ1) is 10.3. The monoisotopic (exact) mass is 330 g/mol. The molecule has 0 saturated heterocycles. The quantitative estimate of drug-likeness (QED) is 0.535. The van der Waals surface area contributed by atoms with Crippen molar-refractivity contribution in [2.75, 3.05) is 0 Å². The number of halogens is 3. The maximum Gasteiger partial charge on any atom is 0.491 e. The van der Waals surface area contributed by atoms with Gasteiger partial charge in [-0.2, -0.15) is 13.2 Å². The summed E-state index contributed by atoms with van der Waals surface area (Å²) in [5, 5.41) is 0. The minimum Gasteiger partial charge on any atom is -0.419 e. The van der Waals surface area contributed by atoms with Gasteiger partial charge in [0.25, 0.3) is 0 Å². The van der Waals surface area contributed by atoms with Crippen LogP contribution in [0.15, 0.2) is 12.1 Å². The van der Waals surface area contributed by atoms with Crippen molar-refractivity contribution in [1.82, 2.24) is 0 Å². The smallest absolute Gasteiger partial charge is 0.419 e. The highest BCUT2D eigenvalue weighted by molar-refractivity contribution is 5.78. The van der Waals surface area contributed by atoms with Crippen LogP contribution < -0.4 is 4.74 Å². The Labute approximate surface area is 136 Å². The van der Waals surface area contributed by atoms with E-state index < -0.39 is 12.1 Å². The highest BCUT2D eigenvalue weighted by atomic mass is 19.4. The summed E-state index contributed by atoms with van der Waals surface area (Å²) in [5.41, 5.74) is 2.02. The molecule has 0 saturated carbocycles. The molecule has 0 fully saturated rings. The van der Waals surface area contributed by atoms with Gasteiger partial charge in [-0.25, -0.2) is 4.79 Å². The minimum atomic E-state index is -5.00. The van der Waals surface area contributed by atoms with Crippen molar-refractivity contribution in [2.24, 2.45) is 11.3 Å². The normalized spacial score (nSPS) is 12.6. The van der Waals surface area contributed by atoms with Gasteiger partial charge in [0.1, 0.15) is 5.75 Å². The molecule has 0 bridgehead atoms. The predicted molar refractivity (Wildman–Crippen MR) is 84.5 cm³/mol. The molecule has 0 amide bonds. The molecule has 5 heteroatoms. The predicted octanol–water partition coefficient (Wildman–Crippen LogP) is 5.39. The van der Waals surface area contributed by atoms with Gasteiger partial charge in [0.2, 0.25) is 0 Å². The number of carbonyl (C=O) groups is 1. The molecular formula is C18H25F3O2. The van der Waals surface area contributed by atoms with Crippen LogP contribution in [0.25, 0.3) is 0 Å². The molecule has 0 unspecified atom stereocenters. The second kappa shape index (κ2) is 6.93. The maximum atomic E-state index is 12.5. The van der Waals surface area contributed by atoms with Gasteiger partial charge in [0.15, 0.2) is 0 Å². The first-order valence-corrected chi connectivity index (χ1v) is 7.71. The third-order valence-electron chi connectivity index (χ3n) is 3.55. The van der Waals surface area contributed by atoms with E-state index in [0.29, 0.717) is 23.5 Å². The molecule has 0 radical (unpaired) electrons. The van der Waals surface area contributed by atoms with E-state index in [1.807, 2.05) is 6.92 Å². The molecule has 1 rings (SSSR count). The number of carbonyl (C=O) groups excluding carboxylic acids is 1. The van der Waals surface area contributed by atoms with E-state index in [4.69, 9.17) is 0 Å². The van der Waals surface area contributed by atoms with Crippen LogP contribution in [0.2, 0.25) is 0 Å². The molecule has 0 aromatic heterocycles. The van der Waals surface area contributed by atoms with Crippen molar-refractivity contribution in [3.05, 3.63) is 28.8 Å². The van der Waals surface area contributed by atoms with E-state index in [1.165, 1.54) is 0 Å². The Kier molecular flexibility index (Phi) is 5.89. The molecule has 130 valence electrons. The number of esters is 1. The van der Waals surface area contributed by atoms with Gasteiger partial charge < -0.3 is 4.74 Å². The molecule has 23 heavy (non-hydrogen) atoms. The Hall–Kier alpha value is -1.52. The summed E-state index contributed by atoms with van der Waals surface area (Å²) in [7, 11) is 0. The molecule has 1 aromatic carbocycles. The molecule has 0 aliphatic heterocycles. The van der Waals surface area contributed by atoms with Crippen LogP contribution in [0, 0.1) is 25.2 Å². The average Bonchev–Trinajstić information content (AvgIpc) is 2.29. The molecule has 0 heterocycles. The van der Waals surface area contributed by atoms with Gasteiger partial charge in [-0.3, -0.25) is 0 Å². The van der Waals surface area contributed by atoms with Crippen molar-refractivity contribution in [3.8, 4) is 5.75 Å². The lowest BCUT2D eigenvalue weighted by molar-refractivity contribution is -0.189. The van der Waals surface area contributed by atoms with E-state index >= 15 is 0 Å². The summed E-state index contributed by atoms with van der Waals surface area (Å²) in [6, 6.07) is 3.52. The largest absolute Gasteiger partial charge is 0.491 e. The SMILES string of the molecule is Cc1cc(C)c(OC(=O)C(F)(F)F)c(CC(C)(C)CC(C)C)c1. The maximum absolute atomic E-state index is 12.5. The van der Waals surface area contributed by atoms with Crippen molar-refractivity contribution < 1.29 is 22.7 Å². The van der Waals surface area contributed by atoms with Crippen LogP contribution in [0.5, 0.6) is 5.75 Å². The Morgan fingerprint density at radius 2 is 1.74 bits per heavy atom. The molecule has 2 nitrogen and oxygen atoms in total. The van der Waals surface area contributed by atoms with Gasteiger partial charge in [-0.15, -0.1) is 0 Å². The van der Waals surface area contributed by atoms with Crippen LogP contribution in [-0.4, -0.2) is 12.1 Å². The summed E-state index contributed by atoms with van der Waals surface area (Å²) in [6.45, 7) is 11.9. The number of benzene rings is 1. The zero-order valence-electron chi connectivity index (χ0n) is 14.6. The standard InChI is InChI=1S/C18H25F3O2/c1-11(2)9-17(5,6)10-14-8-12(3)7-13(4)15(14)23-16(22)18(19,20)21/h7-8,11H,9-10H2,1-6H3. The molecule has 0 spiro atoms. The number of rotatable bonds is 5. The fourth-order valence-electron chi connectivity index (χ4n) is 3.16. The highest BCUT2D eigenvalue weighted by Crippen LogP contribution is 2.36. The minimum absolute atomic E-state index is 0.0368. The number of hydrogen-bond acceptors (Lipinski definition) is 2. The Morgan fingerprint density at radius 3 is 2.22 bits per heavy atom. The highest BCUT2D eigenvalue weighted by Gasteiger charge is 2.42. The van der Waals surface area contributed by atoms with Gasteiger partial charge in [-0.05, 0) is 49.1 Å². The van der Waals surface area contributed by atoms with E-state index in [9.17, 15) is 18.0 Å². The zero-order chi connectivity index (χ0) is 18.0. The second-order valence-corrected chi connectivity index (χ2v) is 7.40. The van der Waals surface area contributed by atoms with Gasteiger partial charge in [-0.1, -0.05) is 45.4 Å². The number of hydrogen-bond donors (Lipinski definition) is 0. The van der Waals surface area contributed by atoms with Crippen molar-refractivity contribution >= 4 is 5.97 Å². The van der Waals surface area contributed by atoms with Crippen LogP contribution in [0.1, 0.15) is 50.8 Å². The summed E-state index contributed by atoms with van der Waals surface area (Å²) >= 11 is 0. The molecule has 0 N–H and O–H groups in total. The molecule has 0 aliphatic rings. The molecule has 0 aliphatic carbocycles. The lowest BCUT2D eigenvalue weighted by Gasteiger charge is -2.28. The Balaban J connectivity index is 3.18. The summed E-state index contributed by atoms with van der Waals surface area (Å²) in [6.07, 6.45) is -3.52. The van der Waals surface area contributed by atoms with Crippen molar-refractivity contribution in [2.45, 2.75) is 60.6 Å². The number of aryl methyl sites for hydroxylation is 2. The number of alkyl halides is 3. The Bertz CT molecular complexity index is 572. The summed E-state index contributed by atoms with van der Waals surface area (Å²) in [5.74, 6) is -1.67. The van der Waals surface area contributed by atoms with Crippen molar-refractivity contribution in [3.63, 3.8) is 0 Å². The van der Waals surface area contributed by atoms with Gasteiger partial charge in [0.05, 0.1) is 0 Å². The van der Waals surface area contributed by atoms with Gasteiger partial charge in [0, 0.05) is 0 Å². The van der Waals surface area contributed by atoms with Gasteiger partial charge >= 0.3 is 12.1 Å². The zero-order valence-corrected chi connectivity index (χ0v) is 14.6. The van der Waals surface area contributed by atoms with E-state index in [0.717, 1.165) is 12.0 Å². The summed E-state index contributed by atoms with van der Waals surface area (Å²) in [4.78, 5) is 11.2. The molecule has 0 atom stereocenters. The first-order valence-electron chi connectivity index (χ1n) is 7.71. The third kappa shape index (κ3) is 5.88. The summed E-state index contributed by atoms with van der Waals surface area (Å²) < 4.78 is 42.2. The fourth-order valence-corrected chi connectivity index (χ4v) is 3.16. The molecular weight excluding hydrogens is 305 g/mol. The lowest BCUT2D eigenvalue weighted by atomic mass is 9.78. The first kappa shape index (κ1) is 19.5. The van der Waals surface area contributed by atoms with E-state index in [2.05, 4.69) is 32.4 Å². The van der Waals surface area contributed by atoms with E-state index in [-0.39, 0.29) is 11.2 Å². The fraction of sp³-hybridized carbons (Fsp3) is 0.611.